The molecule has 6 heteroatoms. The van der Waals surface area contributed by atoms with Gasteiger partial charge in [0.2, 0.25) is 0 Å². The number of aromatic nitrogens is 2. The van der Waals surface area contributed by atoms with Crippen molar-refractivity contribution in [3.63, 3.8) is 0 Å². The van der Waals surface area contributed by atoms with Crippen molar-refractivity contribution in [3.05, 3.63) is 42.0 Å². The number of thioether (sulfide) groups is 1. The molecule has 5 nitrogen and oxygen atoms in total. The summed E-state index contributed by atoms with van der Waals surface area (Å²) in [6.07, 6.45) is 4.95. The highest BCUT2D eigenvalue weighted by molar-refractivity contribution is 7.98. The van der Waals surface area contributed by atoms with E-state index in [2.05, 4.69) is 9.97 Å². The van der Waals surface area contributed by atoms with Gasteiger partial charge in [0.1, 0.15) is 12.1 Å². The first-order valence-corrected chi connectivity index (χ1v) is 7.57. The van der Waals surface area contributed by atoms with Crippen molar-refractivity contribution >= 4 is 23.4 Å². The number of carbonyl (C=O) groups is 1. The Morgan fingerprint density at radius 1 is 1.38 bits per heavy atom. The van der Waals surface area contributed by atoms with E-state index in [-0.39, 0.29) is 5.91 Å². The number of anilines is 1. The van der Waals surface area contributed by atoms with E-state index in [1.807, 2.05) is 24.5 Å². The second-order valence-electron chi connectivity index (χ2n) is 4.42. The Balaban J connectivity index is 2.42. The van der Waals surface area contributed by atoms with Crippen LogP contribution in [0.2, 0.25) is 0 Å². The fourth-order valence-corrected chi connectivity index (χ4v) is 2.56. The lowest BCUT2D eigenvalue weighted by Crippen LogP contribution is -2.27. The number of rotatable bonds is 4. The van der Waals surface area contributed by atoms with Crippen LogP contribution in [0.3, 0.4) is 0 Å². The maximum absolute atomic E-state index is 12.6. The summed E-state index contributed by atoms with van der Waals surface area (Å²) in [5, 5.41) is 0. The monoisotopic (exact) mass is 303 g/mol. The first kappa shape index (κ1) is 15.3. The summed E-state index contributed by atoms with van der Waals surface area (Å²) >= 11 is 1.58. The van der Waals surface area contributed by atoms with E-state index in [9.17, 15) is 4.79 Å². The molecule has 0 aliphatic rings. The van der Waals surface area contributed by atoms with E-state index < -0.39 is 0 Å². The van der Waals surface area contributed by atoms with E-state index in [1.54, 1.807) is 43.9 Å². The van der Waals surface area contributed by atoms with Crippen LogP contribution in [0.25, 0.3) is 0 Å². The van der Waals surface area contributed by atoms with E-state index in [0.29, 0.717) is 17.0 Å². The maximum Gasteiger partial charge on any atom is 0.261 e. The minimum atomic E-state index is -0.142. The third-order valence-corrected chi connectivity index (χ3v) is 3.98. The molecular weight excluding hydrogens is 286 g/mol. The number of carbonyl (C=O) groups excluding carboxylic acids is 1. The van der Waals surface area contributed by atoms with E-state index in [0.717, 1.165) is 10.6 Å². The van der Waals surface area contributed by atoms with Gasteiger partial charge in [-0.25, -0.2) is 9.97 Å². The number of aryl methyl sites for hydroxylation is 1. The van der Waals surface area contributed by atoms with Gasteiger partial charge in [0.15, 0.2) is 0 Å². The first-order chi connectivity index (χ1) is 10.1. The number of methoxy groups -OCH3 is 1. The summed E-state index contributed by atoms with van der Waals surface area (Å²) in [5.74, 6) is 0.570. The highest BCUT2D eigenvalue weighted by Crippen LogP contribution is 2.32. The Hall–Kier alpha value is -2.08. The number of hydrogen-bond donors (Lipinski definition) is 0. The van der Waals surface area contributed by atoms with Crippen molar-refractivity contribution in [2.24, 2.45) is 0 Å². The molecule has 0 radical (unpaired) electrons. The molecule has 0 unspecified atom stereocenters. The van der Waals surface area contributed by atoms with Crippen LogP contribution in [0.15, 0.2) is 35.6 Å². The summed E-state index contributed by atoms with van der Waals surface area (Å²) in [4.78, 5) is 23.2. The molecule has 2 aromatic rings. The van der Waals surface area contributed by atoms with Gasteiger partial charge < -0.3 is 9.64 Å². The fraction of sp³-hybridized carbons (Fsp3) is 0.267. The molecule has 1 amide bonds. The smallest absolute Gasteiger partial charge is 0.261 e. The predicted molar refractivity (Wildman–Crippen MR) is 84.3 cm³/mol. The molecule has 0 fully saturated rings. The van der Waals surface area contributed by atoms with Crippen LogP contribution in [0, 0.1) is 6.92 Å². The number of ether oxygens (including phenoxy) is 1. The highest BCUT2D eigenvalue weighted by Gasteiger charge is 2.19. The van der Waals surface area contributed by atoms with Crippen LogP contribution in [-0.2, 0) is 0 Å². The summed E-state index contributed by atoms with van der Waals surface area (Å²) in [6.45, 7) is 1.80. The number of hydrogen-bond acceptors (Lipinski definition) is 5. The zero-order valence-electron chi connectivity index (χ0n) is 12.5. The van der Waals surface area contributed by atoms with Gasteiger partial charge in [0.05, 0.1) is 24.1 Å². The van der Waals surface area contributed by atoms with E-state index in [1.165, 1.54) is 6.33 Å². The summed E-state index contributed by atoms with van der Waals surface area (Å²) in [7, 11) is 3.35. The van der Waals surface area contributed by atoms with Gasteiger partial charge in [-0.05, 0) is 25.3 Å². The molecule has 0 saturated carbocycles. The predicted octanol–water partition coefficient (Wildman–Crippen LogP) is 2.79. The lowest BCUT2D eigenvalue weighted by molar-refractivity contribution is 0.0991. The zero-order chi connectivity index (χ0) is 15.4. The van der Waals surface area contributed by atoms with Gasteiger partial charge in [-0.2, -0.15) is 0 Å². The van der Waals surface area contributed by atoms with E-state index >= 15 is 0 Å². The second kappa shape index (κ2) is 6.58. The summed E-state index contributed by atoms with van der Waals surface area (Å²) in [5.41, 5.74) is 1.96. The summed E-state index contributed by atoms with van der Waals surface area (Å²) < 4.78 is 5.24. The molecule has 110 valence electrons. The molecule has 0 saturated heterocycles. The minimum absolute atomic E-state index is 0.142. The van der Waals surface area contributed by atoms with Crippen molar-refractivity contribution in [2.75, 3.05) is 25.3 Å². The molecule has 1 aromatic heterocycles. The average molecular weight is 303 g/mol. The van der Waals surface area contributed by atoms with Crippen molar-refractivity contribution in [3.8, 4) is 5.75 Å². The second-order valence-corrected chi connectivity index (χ2v) is 5.27. The van der Waals surface area contributed by atoms with Crippen LogP contribution >= 0.6 is 11.8 Å². The van der Waals surface area contributed by atoms with Gasteiger partial charge in [0, 0.05) is 24.2 Å². The molecule has 1 heterocycles. The molecule has 2 rings (SSSR count). The number of amides is 1. The largest absolute Gasteiger partial charge is 0.497 e. The van der Waals surface area contributed by atoms with Crippen LogP contribution in [0.5, 0.6) is 5.75 Å². The Morgan fingerprint density at radius 3 is 2.76 bits per heavy atom. The lowest BCUT2D eigenvalue weighted by Gasteiger charge is -2.21. The van der Waals surface area contributed by atoms with Crippen LogP contribution in [0.1, 0.15) is 16.1 Å². The molecular formula is C15H17N3O2S. The first-order valence-electron chi connectivity index (χ1n) is 6.35. The Labute approximate surface area is 128 Å². The Kier molecular flexibility index (Phi) is 4.80. The van der Waals surface area contributed by atoms with Crippen molar-refractivity contribution in [2.45, 2.75) is 11.8 Å². The number of benzene rings is 1. The maximum atomic E-state index is 12.6. The van der Waals surface area contributed by atoms with Gasteiger partial charge in [-0.1, -0.05) is 0 Å². The third kappa shape index (κ3) is 3.16. The van der Waals surface area contributed by atoms with Crippen LogP contribution < -0.4 is 9.64 Å². The van der Waals surface area contributed by atoms with E-state index in [4.69, 9.17) is 4.74 Å². The Bertz CT molecular complexity index is 661. The quantitative estimate of drug-likeness (QED) is 0.813. The molecule has 1 aromatic carbocycles. The molecule has 0 atom stereocenters. The van der Waals surface area contributed by atoms with Crippen molar-refractivity contribution < 1.29 is 9.53 Å². The highest BCUT2D eigenvalue weighted by atomic mass is 32.2. The van der Waals surface area contributed by atoms with Gasteiger partial charge in [0.25, 0.3) is 5.91 Å². The lowest BCUT2D eigenvalue weighted by atomic mass is 10.2. The Morgan fingerprint density at radius 2 is 2.14 bits per heavy atom. The summed E-state index contributed by atoms with van der Waals surface area (Å²) in [6, 6.07) is 5.67. The van der Waals surface area contributed by atoms with Crippen LogP contribution in [0.4, 0.5) is 5.69 Å². The van der Waals surface area contributed by atoms with Crippen LogP contribution in [-0.4, -0.2) is 36.3 Å². The zero-order valence-corrected chi connectivity index (χ0v) is 13.3. The topological polar surface area (TPSA) is 55.3 Å². The molecule has 0 aliphatic carbocycles. The molecule has 0 bridgehead atoms. The molecule has 0 aliphatic heterocycles. The van der Waals surface area contributed by atoms with Gasteiger partial charge >= 0.3 is 0 Å². The van der Waals surface area contributed by atoms with Crippen molar-refractivity contribution in [1.82, 2.24) is 9.97 Å². The normalized spacial score (nSPS) is 10.3. The molecule has 0 N–H and O–H groups in total. The van der Waals surface area contributed by atoms with Crippen molar-refractivity contribution in [1.29, 1.82) is 0 Å². The van der Waals surface area contributed by atoms with Gasteiger partial charge in [-0.15, -0.1) is 11.8 Å². The molecule has 0 spiro atoms. The third-order valence-electron chi connectivity index (χ3n) is 3.19. The SMILES string of the molecule is COc1ccc(SC)c(N(C)C(=O)c2cncnc2C)c1. The molecule has 21 heavy (non-hydrogen) atoms. The van der Waals surface area contributed by atoms with Gasteiger partial charge in [-0.3, -0.25) is 4.79 Å². The number of nitrogens with zero attached hydrogens (tertiary/aromatic N) is 3. The average Bonchev–Trinajstić information content (AvgIpc) is 2.53. The standard InChI is InChI=1S/C15H17N3O2S/c1-10-12(8-16-9-17-10)15(19)18(2)13-7-11(20-3)5-6-14(13)21-4/h5-9H,1-4H3. The fourth-order valence-electron chi connectivity index (χ4n) is 1.95. The minimum Gasteiger partial charge on any atom is -0.497 e.